The Morgan fingerprint density at radius 3 is 2.10 bits per heavy atom. The van der Waals surface area contributed by atoms with Crippen LogP contribution in [-0.2, 0) is 46.4 Å². The van der Waals surface area contributed by atoms with Gasteiger partial charge in [0, 0.05) is 35.5 Å². The Morgan fingerprint density at radius 2 is 1.49 bits per heavy atom. The molecule has 1 unspecified atom stereocenters. The number of nitrogens with two attached hydrogens (primary N) is 2. The number of amides is 7. The molecule has 7 amide bonds. The maximum absolute atomic E-state index is 14.4. The minimum atomic E-state index is -2.01. The summed E-state index contributed by atoms with van der Waals surface area (Å²) in [7, 11) is 0. The molecular weight excluding hydrogens is 887 g/mol. The molecule has 3 fully saturated rings. The third-order valence-electron chi connectivity index (χ3n) is 11.1. The molecule has 4 rings (SSSR count). The molecule has 3 aliphatic heterocycles. The standard InChI is InChI=1S/C38H57IN8O12/c1-5-20-7-6-19(9-22(20)39)10-25(50)29-35(56)45-30(26(51)12-27(41)52)38(59)47-15-17(3)32(53)31(47)36(57)42-13-21(49)11-23(40)33(54)43-28(18(4)48)37(58)46-14-16(2)8-24(46)34(55)44-29/h6-7,9,16-18,21,23-26,28-32,48-51,53H,5,8,10-15,40H2,1-4H3,(H2,41,52)(H,42,57)(H,43,54)(H,44,55)(H,45,56)/t16-,17+,18-,21-,23?,24+,25-,26-,28+,29+,30+,31+,32+/m1/s1. The summed E-state index contributed by atoms with van der Waals surface area (Å²) in [6, 6.07) is -4.46. The molecule has 21 heteroatoms. The molecule has 0 radical (unpaired) electrons. The van der Waals surface area contributed by atoms with Crippen LogP contribution in [0.3, 0.4) is 0 Å². The van der Waals surface area contributed by atoms with Gasteiger partial charge in [-0.05, 0) is 71.9 Å². The molecule has 59 heavy (non-hydrogen) atoms. The summed E-state index contributed by atoms with van der Waals surface area (Å²) in [5.41, 5.74) is 13.0. The number of fused-ring (bicyclic) bond motifs is 2. The van der Waals surface area contributed by atoms with Crippen LogP contribution in [-0.4, -0.2) is 163 Å². The Bertz CT molecular complexity index is 1750. The molecule has 0 spiro atoms. The van der Waals surface area contributed by atoms with Crippen LogP contribution < -0.4 is 32.7 Å². The average Bonchev–Trinajstić information content (AvgIpc) is 3.70. The largest absolute Gasteiger partial charge is 0.391 e. The number of hydrogen-bond acceptors (Lipinski definition) is 13. The van der Waals surface area contributed by atoms with E-state index >= 15 is 0 Å². The highest BCUT2D eigenvalue weighted by Gasteiger charge is 2.49. The third-order valence-corrected chi connectivity index (χ3v) is 12.1. The zero-order valence-corrected chi connectivity index (χ0v) is 35.6. The van der Waals surface area contributed by atoms with Crippen LogP contribution in [0.25, 0.3) is 0 Å². The van der Waals surface area contributed by atoms with E-state index in [9.17, 15) is 59.1 Å². The van der Waals surface area contributed by atoms with E-state index < -0.39 is 133 Å². The summed E-state index contributed by atoms with van der Waals surface area (Å²) in [5, 5.41) is 65.0. The molecule has 0 aliphatic carbocycles. The van der Waals surface area contributed by atoms with Crippen LogP contribution in [0.2, 0.25) is 0 Å². The number of rotatable bonds is 8. The number of benzene rings is 1. The van der Waals surface area contributed by atoms with Crippen molar-refractivity contribution in [3.8, 4) is 0 Å². The van der Waals surface area contributed by atoms with Gasteiger partial charge in [-0.2, -0.15) is 0 Å². The molecule has 3 saturated heterocycles. The van der Waals surface area contributed by atoms with Gasteiger partial charge >= 0.3 is 0 Å². The van der Waals surface area contributed by atoms with Crippen molar-refractivity contribution in [1.82, 2.24) is 31.1 Å². The number of aryl methyl sites for hydroxylation is 1. The zero-order chi connectivity index (χ0) is 44.0. The minimum absolute atomic E-state index is 0.000726. The van der Waals surface area contributed by atoms with Crippen molar-refractivity contribution >= 4 is 63.9 Å². The number of halogens is 1. The van der Waals surface area contributed by atoms with Gasteiger partial charge in [-0.25, -0.2) is 0 Å². The fourth-order valence-corrected chi connectivity index (χ4v) is 8.70. The summed E-state index contributed by atoms with van der Waals surface area (Å²) < 4.78 is 0.875. The second-order valence-corrected chi connectivity index (χ2v) is 17.1. The van der Waals surface area contributed by atoms with Crippen LogP contribution >= 0.6 is 22.6 Å². The Hall–Kier alpha value is -4.00. The highest BCUT2D eigenvalue weighted by molar-refractivity contribution is 14.1. The maximum Gasteiger partial charge on any atom is 0.248 e. The number of aliphatic hydroxyl groups excluding tert-OH is 5. The molecule has 0 bridgehead atoms. The Morgan fingerprint density at radius 1 is 0.864 bits per heavy atom. The van der Waals surface area contributed by atoms with Crippen LogP contribution in [0.1, 0.15) is 58.1 Å². The Labute approximate surface area is 355 Å². The molecule has 1 aromatic carbocycles. The third kappa shape index (κ3) is 11.6. The Balaban J connectivity index is 1.81. The normalized spacial score (nSPS) is 32.1. The smallest absolute Gasteiger partial charge is 0.248 e. The van der Waals surface area contributed by atoms with Crippen LogP contribution in [0.4, 0.5) is 0 Å². The molecule has 13 atom stereocenters. The van der Waals surface area contributed by atoms with E-state index in [4.69, 9.17) is 11.5 Å². The lowest BCUT2D eigenvalue weighted by Crippen LogP contribution is -2.64. The van der Waals surface area contributed by atoms with Gasteiger partial charge in [-0.3, -0.25) is 33.6 Å². The predicted octanol–water partition coefficient (Wildman–Crippen LogP) is -4.52. The van der Waals surface area contributed by atoms with Crippen molar-refractivity contribution in [3.63, 3.8) is 0 Å². The summed E-state index contributed by atoms with van der Waals surface area (Å²) in [6.07, 6.45) is -8.80. The van der Waals surface area contributed by atoms with E-state index in [1.165, 1.54) is 13.8 Å². The second-order valence-electron chi connectivity index (χ2n) is 16.0. The molecule has 0 saturated carbocycles. The monoisotopic (exact) mass is 944 g/mol. The van der Waals surface area contributed by atoms with E-state index in [1.807, 2.05) is 13.0 Å². The van der Waals surface area contributed by atoms with Crippen molar-refractivity contribution in [1.29, 1.82) is 0 Å². The van der Waals surface area contributed by atoms with Gasteiger partial charge in [0.05, 0.1) is 43.0 Å². The van der Waals surface area contributed by atoms with Crippen molar-refractivity contribution < 1.29 is 59.1 Å². The van der Waals surface area contributed by atoms with Crippen LogP contribution in [0, 0.1) is 15.4 Å². The van der Waals surface area contributed by atoms with Gasteiger partial charge in [0.1, 0.15) is 30.2 Å². The lowest BCUT2D eigenvalue weighted by Gasteiger charge is -2.34. The van der Waals surface area contributed by atoms with Crippen LogP contribution in [0.5, 0.6) is 0 Å². The zero-order valence-electron chi connectivity index (χ0n) is 33.4. The first-order chi connectivity index (χ1) is 27.6. The lowest BCUT2D eigenvalue weighted by molar-refractivity contribution is -0.147. The number of nitrogens with zero attached hydrogens (tertiary/aromatic N) is 2. The summed E-state index contributed by atoms with van der Waals surface area (Å²) in [5.74, 6) is -8.03. The fourth-order valence-electron chi connectivity index (χ4n) is 7.74. The van der Waals surface area contributed by atoms with Crippen molar-refractivity contribution in [2.75, 3.05) is 19.6 Å². The molecule has 3 heterocycles. The van der Waals surface area contributed by atoms with Crippen molar-refractivity contribution in [3.05, 3.63) is 32.9 Å². The minimum Gasteiger partial charge on any atom is -0.391 e. The number of hydrogen-bond donors (Lipinski definition) is 11. The molecule has 3 aliphatic rings. The predicted molar refractivity (Wildman–Crippen MR) is 217 cm³/mol. The number of carbonyl (C=O) groups is 7. The molecular formula is C38H57IN8O12. The second kappa shape index (κ2) is 20.5. The van der Waals surface area contributed by atoms with E-state index in [-0.39, 0.29) is 31.8 Å². The first-order valence-electron chi connectivity index (χ1n) is 19.7. The number of primary amides is 1. The number of aliphatic hydroxyl groups is 5. The summed E-state index contributed by atoms with van der Waals surface area (Å²) in [6.45, 7) is 5.73. The van der Waals surface area contributed by atoms with Gasteiger partial charge in [0.15, 0.2) is 0 Å². The maximum atomic E-state index is 14.4. The average molecular weight is 945 g/mol. The number of carbonyl (C=O) groups excluding carboxylic acids is 7. The number of nitrogens with one attached hydrogen (secondary N) is 4. The van der Waals surface area contributed by atoms with Gasteiger partial charge in [0.25, 0.3) is 0 Å². The lowest BCUT2D eigenvalue weighted by atomic mass is 9.98. The SMILES string of the molecule is CCc1ccc(C[C@@H](O)[C@@H]2NC(=O)[C@@H]3C[C@@H](C)CN3C(=O)[C@H]([C@@H](C)O)NC(=O)C(N)C[C@@H](O)CNC(=O)[C@@H]3[C@@H](O)[C@@H](C)CN3C(=O)[C@H]([C@H](O)CC(N)=O)NC2=O)cc1I. The molecule has 20 nitrogen and oxygen atoms in total. The van der Waals surface area contributed by atoms with Crippen molar-refractivity contribution in [2.24, 2.45) is 23.3 Å². The highest BCUT2D eigenvalue weighted by Crippen LogP contribution is 2.27. The molecule has 13 N–H and O–H groups in total. The fraction of sp³-hybridized carbons (Fsp3) is 0.658. The Kier molecular flexibility index (Phi) is 16.6. The quantitative estimate of drug-likeness (QED) is 0.110. The van der Waals surface area contributed by atoms with E-state index in [0.29, 0.717) is 5.56 Å². The van der Waals surface area contributed by atoms with Gasteiger partial charge in [-0.15, -0.1) is 0 Å². The summed E-state index contributed by atoms with van der Waals surface area (Å²) >= 11 is 2.13. The van der Waals surface area contributed by atoms with E-state index in [1.54, 1.807) is 19.1 Å². The first-order valence-corrected chi connectivity index (χ1v) is 20.7. The van der Waals surface area contributed by atoms with E-state index in [0.717, 1.165) is 25.4 Å². The van der Waals surface area contributed by atoms with Crippen LogP contribution in [0.15, 0.2) is 18.2 Å². The molecule has 328 valence electrons. The van der Waals surface area contributed by atoms with Gasteiger partial charge in [-0.1, -0.05) is 32.9 Å². The molecule has 1 aromatic rings. The van der Waals surface area contributed by atoms with E-state index in [2.05, 4.69) is 43.9 Å². The summed E-state index contributed by atoms with van der Waals surface area (Å²) in [4.78, 5) is 97.7. The van der Waals surface area contributed by atoms with Gasteiger partial charge in [0.2, 0.25) is 41.4 Å². The van der Waals surface area contributed by atoms with Crippen molar-refractivity contribution in [2.45, 2.75) is 127 Å². The topological polar surface area (TPSA) is 327 Å². The number of β-amino-alcohol motifs (C(OH)–C–C–N with tert-alkyl or cyclic N) is 1. The van der Waals surface area contributed by atoms with Gasteiger partial charge < -0.3 is 68.1 Å². The molecule has 0 aromatic heterocycles. The first kappa shape index (κ1) is 47.7. The highest BCUT2D eigenvalue weighted by atomic mass is 127.